The number of fused-ring (bicyclic) bond motifs is 1. The van der Waals surface area contributed by atoms with Crippen molar-refractivity contribution in [1.29, 1.82) is 0 Å². The third kappa shape index (κ3) is 1.11. The van der Waals surface area contributed by atoms with Crippen LogP contribution in [0, 0.1) is 0 Å². The van der Waals surface area contributed by atoms with Crippen molar-refractivity contribution in [1.82, 2.24) is 0 Å². The lowest BCUT2D eigenvalue weighted by molar-refractivity contribution is -0.114. The molecule has 2 heteroatoms. The van der Waals surface area contributed by atoms with Crippen LogP contribution in [0.25, 0.3) is 0 Å². The van der Waals surface area contributed by atoms with Gasteiger partial charge in [-0.3, -0.25) is 4.79 Å². The molecular weight excluding hydrogens is 140 g/mol. The second-order valence-corrected chi connectivity index (χ2v) is 2.60. The summed E-state index contributed by atoms with van der Waals surface area (Å²) >= 11 is 0. The second kappa shape index (κ2) is 2.38. The molecule has 1 heterocycles. The van der Waals surface area contributed by atoms with Gasteiger partial charge in [-0.1, -0.05) is 0 Å². The summed E-state index contributed by atoms with van der Waals surface area (Å²) in [6.07, 6.45) is 8.37. The smallest absolute Gasteiger partial charge is 0.160 e. The number of carbonyl (C=O) groups excluding carboxylic acids is 1. The highest BCUT2D eigenvalue weighted by Crippen LogP contribution is 2.24. The molecule has 0 spiro atoms. The molecular formula is C9H8O2. The number of hydrogen-bond acceptors (Lipinski definition) is 2. The summed E-state index contributed by atoms with van der Waals surface area (Å²) in [5.74, 6) is 1.02. The molecule has 0 amide bonds. The molecule has 0 radical (unpaired) electrons. The number of carbonyl (C=O) groups is 1. The summed E-state index contributed by atoms with van der Waals surface area (Å²) in [5, 5.41) is 0. The normalized spacial score (nSPS) is 21.6. The van der Waals surface area contributed by atoms with Crippen LogP contribution in [-0.2, 0) is 9.53 Å². The molecule has 0 N–H and O–H groups in total. The predicted molar refractivity (Wildman–Crippen MR) is 40.6 cm³/mol. The standard InChI is InChI=1S/C9H8O2/c10-8-3-4-9-7(6-8)2-1-5-11-9/h1,4-6H,2-3H2. The van der Waals surface area contributed by atoms with Crippen molar-refractivity contribution in [3.63, 3.8) is 0 Å². The van der Waals surface area contributed by atoms with Crippen molar-refractivity contribution in [3.05, 3.63) is 35.8 Å². The van der Waals surface area contributed by atoms with Crippen molar-refractivity contribution >= 4 is 5.78 Å². The average Bonchev–Trinajstić information content (AvgIpc) is 2.04. The average molecular weight is 148 g/mol. The van der Waals surface area contributed by atoms with Crippen LogP contribution >= 0.6 is 0 Å². The van der Waals surface area contributed by atoms with E-state index in [4.69, 9.17) is 4.74 Å². The Morgan fingerprint density at radius 1 is 1.36 bits per heavy atom. The van der Waals surface area contributed by atoms with Gasteiger partial charge in [-0.05, 0) is 24.6 Å². The largest absolute Gasteiger partial charge is 0.465 e. The fourth-order valence-electron chi connectivity index (χ4n) is 1.23. The van der Waals surface area contributed by atoms with Crippen molar-refractivity contribution in [2.45, 2.75) is 12.8 Å². The Kier molecular flexibility index (Phi) is 1.39. The van der Waals surface area contributed by atoms with E-state index in [-0.39, 0.29) is 5.78 Å². The highest BCUT2D eigenvalue weighted by molar-refractivity contribution is 5.93. The first kappa shape index (κ1) is 6.40. The molecule has 0 aromatic carbocycles. The first-order valence-corrected chi connectivity index (χ1v) is 3.62. The predicted octanol–water partition coefficient (Wildman–Crippen LogP) is 1.70. The van der Waals surface area contributed by atoms with Gasteiger partial charge in [0, 0.05) is 12.0 Å². The van der Waals surface area contributed by atoms with Crippen LogP contribution in [0.5, 0.6) is 0 Å². The molecule has 2 aliphatic rings. The topological polar surface area (TPSA) is 26.3 Å². The van der Waals surface area contributed by atoms with E-state index < -0.39 is 0 Å². The quantitative estimate of drug-likeness (QED) is 0.522. The van der Waals surface area contributed by atoms with Gasteiger partial charge in [-0.2, -0.15) is 0 Å². The molecule has 1 aliphatic carbocycles. The first-order chi connectivity index (χ1) is 5.36. The monoisotopic (exact) mass is 148 g/mol. The molecule has 0 aromatic rings. The van der Waals surface area contributed by atoms with Gasteiger partial charge in [0.15, 0.2) is 5.78 Å². The molecule has 0 fully saturated rings. The Balaban J connectivity index is 2.35. The SMILES string of the molecule is O=C1C=C2CC=COC2=CC1. The fraction of sp³-hybridized carbons (Fsp3) is 0.222. The van der Waals surface area contributed by atoms with Crippen LogP contribution in [0.15, 0.2) is 35.8 Å². The fourth-order valence-corrected chi connectivity index (χ4v) is 1.23. The van der Waals surface area contributed by atoms with Crippen molar-refractivity contribution < 1.29 is 9.53 Å². The van der Waals surface area contributed by atoms with Gasteiger partial charge in [-0.15, -0.1) is 0 Å². The lowest BCUT2D eigenvalue weighted by atomic mass is 10.0. The maximum Gasteiger partial charge on any atom is 0.160 e. The zero-order valence-electron chi connectivity index (χ0n) is 6.04. The minimum Gasteiger partial charge on any atom is -0.465 e. The van der Waals surface area contributed by atoms with E-state index in [0.717, 1.165) is 17.8 Å². The van der Waals surface area contributed by atoms with Crippen LogP contribution in [-0.4, -0.2) is 5.78 Å². The van der Waals surface area contributed by atoms with Crippen LogP contribution < -0.4 is 0 Å². The molecule has 0 saturated heterocycles. The molecule has 2 nitrogen and oxygen atoms in total. The molecule has 56 valence electrons. The van der Waals surface area contributed by atoms with Crippen molar-refractivity contribution in [2.24, 2.45) is 0 Å². The summed E-state index contributed by atoms with van der Waals surface area (Å²) in [5.41, 5.74) is 1.00. The number of ketones is 1. The van der Waals surface area contributed by atoms with Gasteiger partial charge in [-0.25, -0.2) is 0 Å². The Bertz CT molecular complexity index is 282. The number of rotatable bonds is 0. The van der Waals surface area contributed by atoms with Gasteiger partial charge >= 0.3 is 0 Å². The lowest BCUT2D eigenvalue weighted by Crippen LogP contribution is -2.06. The summed E-state index contributed by atoms with van der Waals surface area (Å²) in [6.45, 7) is 0. The number of ether oxygens (including phenoxy) is 1. The zero-order valence-corrected chi connectivity index (χ0v) is 6.04. The Labute approximate surface area is 64.9 Å². The van der Waals surface area contributed by atoms with E-state index >= 15 is 0 Å². The minimum absolute atomic E-state index is 0.169. The third-order valence-corrected chi connectivity index (χ3v) is 1.77. The van der Waals surface area contributed by atoms with Gasteiger partial charge in [0.05, 0.1) is 6.26 Å². The summed E-state index contributed by atoms with van der Waals surface area (Å²) in [7, 11) is 0. The van der Waals surface area contributed by atoms with Crippen LogP contribution in [0.1, 0.15) is 12.8 Å². The summed E-state index contributed by atoms with van der Waals surface area (Å²) in [4.78, 5) is 10.9. The van der Waals surface area contributed by atoms with Crippen LogP contribution in [0.4, 0.5) is 0 Å². The van der Waals surface area contributed by atoms with E-state index in [1.807, 2.05) is 12.2 Å². The van der Waals surface area contributed by atoms with Gasteiger partial charge in [0.2, 0.25) is 0 Å². The van der Waals surface area contributed by atoms with E-state index in [1.54, 1.807) is 12.3 Å². The molecule has 0 atom stereocenters. The van der Waals surface area contributed by atoms with Gasteiger partial charge in [0.1, 0.15) is 5.76 Å². The van der Waals surface area contributed by atoms with Crippen LogP contribution in [0.2, 0.25) is 0 Å². The minimum atomic E-state index is 0.169. The highest BCUT2D eigenvalue weighted by Gasteiger charge is 2.14. The Morgan fingerprint density at radius 3 is 3.18 bits per heavy atom. The number of allylic oxidation sites excluding steroid dienone is 4. The molecule has 2 rings (SSSR count). The molecule has 1 aliphatic heterocycles. The molecule has 0 aromatic heterocycles. The second-order valence-electron chi connectivity index (χ2n) is 2.60. The molecule has 0 bridgehead atoms. The number of hydrogen-bond donors (Lipinski definition) is 0. The van der Waals surface area contributed by atoms with E-state index in [0.29, 0.717) is 6.42 Å². The first-order valence-electron chi connectivity index (χ1n) is 3.62. The van der Waals surface area contributed by atoms with Crippen molar-refractivity contribution in [2.75, 3.05) is 0 Å². The maximum atomic E-state index is 10.9. The maximum absolute atomic E-state index is 10.9. The third-order valence-electron chi connectivity index (χ3n) is 1.77. The summed E-state index contributed by atoms with van der Waals surface area (Å²) in [6, 6.07) is 0. The molecule has 0 unspecified atom stereocenters. The van der Waals surface area contributed by atoms with E-state index in [1.165, 1.54) is 0 Å². The van der Waals surface area contributed by atoms with Crippen LogP contribution in [0.3, 0.4) is 0 Å². The molecule has 0 saturated carbocycles. The lowest BCUT2D eigenvalue weighted by Gasteiger charge is -2.16. The zero-order chi connectivity index (χ0) is 7.68. The van der Waals surface area contributed by atoms with Gasteiger partial charge < -0.3 is 4.74 Å². The van der Waals surface area contributed by atoms with E-state index in [2.05, 4.69) is 0 Å². The van der Waals surface area contributed by atoms with Crippen molar-refractivity contribution in [3.8, 4) is 0 Å². The van der Waals surface area contributed by atoms with Gasteiger partial charge in [0.25, 0.3) is 0 Å². The highest BCUT2D eigenvalue weighted by atomic mass is 16.5. The Morgan fingerprint density at radius 2 is 2.27 bits per heavy atom. The Hall–Kier alpha value is -1.31. The summed E-state index contributed by atoms with van der Waals surface area (Å²) < 4.78 is 5.19. The molecule has 11 heavy (non-hydrogen) atoms. The van der Waals surface area contributed by atoms with E-state index in [9.17, 15) is 4.79 Å².